The number of nitrogens with zero attached hydrogens (tertiary/aromatic N) is 3. The number of oxazole rings is 1. The minimum Gasteiger partial charge on any atom is -0.444 e. The van der Waals surface area contributed by atoms with E-state index in [1.807, 2.05) is 48.5 Å². The van der Waals surface area contributed by atoms with Gasteiger partial charge >= 0.3 is 0 Å². The molecule has 0 fully saturated rings. The van der Waals surface area contributed by atoms with Crippen molar-refractivity contribution >= 4 is 5.78 Å². The van der Waals surface area contributed by atoms with Gasteiger partial charge in [-0.25, -0.2) is 9.97 Å². The summed E-state index contributed by atoms with van der Waals surface area (Å²) in [6.07, 6.45) is 5.00. The van der Waals surface area contributed by atoms with Crippen LogP contribution in [0.3, 0.4) is 0 Å². The summed E-state index contributed by atoms with van der Waals surface area (Å²) in [4.78, 5) is 21.3. The molecule has 122 valence electrons. The highest BCUT2D eigenvalue weighted by atomic mass is 16.3. The average molecular weight is 329 g/mol. The monoisotopic (exact) mass is 329 g/mol. The van der Waals surface area contributed by atoms with Crippen molar-refractivity contribution < 1.29 is 9.21 Å². The molecule has 2 heterocycles. The molecule has 2 aromatic carbocycles. The average Bonchev–Trinajstić information content (AvgIpc) is 3.33. The molecule has 5 heteroatoms. The molecular formula is C20H15N3O2. The summed E-state index contributed by atoms with van der Waals surface area (Å²) in [6, 6.07) is 18.8. The second-order valence-corrected chi connectivity index (χ2v) is 5.58. The van der Waals surface area contributed by atoms with E-state index in [0.717, 1.165) is 11.3 Å². The molecule has 0 aliphatic rings. The first kappa shape index (κ1) is 15.1. The van der Waals surface area contributed by atoms with Gasteiger partial charge in [0.1, 0.15) is 6.26 Å². The molecule has 0 N–H and O–H groups in total. The van der Waals surface area contributed by atoms with Gasteiger partial charge in [0.05, 0.1) is 12.2 Å². The van der Waals surface area contributed by atoms with Gasteiger partial charge in [0, 0.05) is 23.5 Å². The van der Waals surface area contributed by atoms with Crippen molar-refractivity contribution in [2.75, 3.05) is 0 Å². The van der Waals surface area contributed by atoms with E-state index in [1.54, 1.807) is 35.4 Å². The van der Waals surface area contributed by atoms with Crippen molar-refractivity contribution in [1.29, 1.82) is 0 Å². The molecular weight excluding hydrogens is 314 g/mol. The Morgan fingerprint density at radius 1 is 1.00 bits per heavy atom. The van der Waals surface area contributed by atoms with E-state index < -0.39 is 0 Å². The zero-order valence-electron chi connectivity index (χ0n) is 13.4. The van der Waals surface area contributed by atoms with Crippen molar-refractivity contribution in [1.82, 2.24) is 14.5 Å². The Hall–Kier alpha value is -3.47. The molecule has 25 heavy (non-hydrogen) atoms. The molecule has 0 unspecified atom stereocenters. The first-order chi connectivity index (χ1) is 12.3. The smallest absolute Gasteiger partial charge is 0.228 e. The van der Waals surface area contributed by atoms with E-state index in [0.29, 0.717) is 23.8 Å². The van der Waals surface area contributed by atoms with Crippen LogP contribution in [0, 0.1) is 0 Å². The molecule has 0 aliphatic heterocycles. The van der Waals surface area contributed by atoms with Crippen LogP contribution in [-0.2, 0) is 6.54 Å². The number of hydrogen-bond donors (Lipinski definition) is 0. The zero-order valence-corrected chi connectivity index (χ0v) is 13.4. The highest BCUT2D eigenvalue weighted by Crippen LogP contribution is 2.19. The Morgan fingerprint density at radius 2 is 1.72 bits per heavy atom. The summed E-state index contributed by atoms with van der Waals surface area (Å²) in [5.74, 6) is 0.833. The molecule has 0 aliphatic carbocycles. The third-order valence-electron chi connectivity index (χ3n) is 3.86. The number of carbonyl (C=O) groups is 1. The molecule has 0 saturated heterocycles. The maximum atomic E-state index is 12.6. The summed E-state index contributed by atoms with van der Waals surface area (Å²) in [5, 5.41) is 0. The summed E-state index contributed by atoms with van der Waals surface area (Å²) in [6.45, 7) is 0.421. The van der Waals surface area contributed by atoms with E-state index in [4.69, 9.17) is 4.42 Å². The molecule has 0 bridgehead atoms. The Labute approximate surface area is 144 Å². The van der Waals surface area contributed by atoms with Crippen LogP contribution in [0.1, 0.15) is 21.9 Å². The van der Waals surface area contributed by atoms with Crippen LogP contribution in [0.15, 0.2) is 83.7 Å². The Bertz CT molecular complexity index is 988. The number of carbonyl (C=O) groups excluding carboxylic acids is 1. The fourth-order valence-corrected chi connectivity index (χ4v) is 2.63. The quantitative estimate of drug-likeness (QED) is 0.522. The maximum Gasteiger partial charge on any atom is 0.228 e. The van der Waals surface area contributed by atoms with Gasteiger partial charge in [0.2, 0.25) is 11.7 Å². The third kappa shape index (κ3) is 3.12. The molecule has 0 radical (unpaired) electrons. The lowest BCUT2D eigenvalue weighted by molar-refractivity contribution is 0.102. The van der Waals surface area contributed by atoms with Crippen molar-refractivity contribution in [3.63, 3.8) is 0 Å². The number of aromatic nitrogens is 3. The summed E-state index contributed by atoms with van der Waals surface area (Å²) in [7, 11) is 0. The molecule has 4 aromatic rings. The van der Waals surface area contributed by atoms with Gasteiger partial charge in [-0.1, -0.05) is 48.5 Å². The van der Waals surface area contributed by atoms with Crippen LogP contribution >= 0.6 is 0 Å². The molecule has 0 saturated carbocycles. The van der Waals surface area contributed by atoms with Gasteiger partial charge in [-0.2, -0.15) is 0 Å². The second-order valence-electron chi connectivity index (χ2n) is 5.58. The first-order valence-corrected chi connectivity index (χ1v) is 7.92. The Kier molecular flexibility index (Phi) is 3.96. The highest BCUT2D eigenvalue weighted by molar-refractivity contribution is 6.06. The lowest BCUT2D eigenvalue weighted by atomic mass is 10.1. The predicted molar refractivity (Wildman–Crippen MR) is 93.1 cm³/mol. The fourth-order valence-electron chi connectivity index (χ4n) is 2.63. The van der Waals surface area contributed by atoms with Gasteiger partial charge < -0.3 is 8.98 Å². The lowest BCUT2D eigenvalue weighted by Gasteiger charge is -2.05. The van der Waals surface area contributed by atoms with Gasteiger partial charge in [-0.3, -0.25) is 4.79 Å². The standard InChI is InChI=1S/C20H15N3O2/c24-18(15-7-3-1-4-8-15)19-21-11-12-23(19)13-17-14-25-20(22-17)16-9-5-2-6-10-16/h1-12,14H,13H2. The van der Waals surface area contributed by atoms with Crippen LogP contribution in [0.5, 0.6) is 0 Å². The highest BCUT2D eigenvalue weighted by Gasteiger charge is 2.16. The summed E-state index contributed by atoms with van der Waals surface area (Å²) < 4.78 is 7.33. The van der Waals surface area contributed by atoms with Crippen LogP contribution in [0.4, 0.5) is 0 Å². The van der Waals surface area contributed by atoms with E-state index >= 15 is 0 Å². The third-order valence-corrected chi connectivity index (χ3v) is 3.86. The van der Waals surface area contributed by atoms with Crippen LogP contribution in [0.2, 0.25) is 0 Å². The number of hydrogen-bond acceptors (Lipinski definition) is 4. The molecule has 0 amide bonds. The zero-order chi connectivity index (χ0) is 17.1. The van der Waals surface area contributed by atoms with Crippen molar-refractivity contribution in [3.05, 3.63) is 96.4 Å². The molecule has 4 rings (SSSR count). The molecule has 0 atom stereocenters. The predicted octanol–water partition coefficient (Wildman–Crippen LogP) is 3.82. The fraction of sp³-hybridized carbons (Fsp3) is 0.0500. The summed E-state index contributed by atoms with van der Waals surface area (Å²) >= 11 is 0. The minimum absolute atomic E-state index is 0.114. The number of imidazole rings is 1. The minimum atomic E-state index is -0.114. The number of rotatable bonds is 5. The van der Waals surface area contributed by atoms with Gasteiger partial charge in [0.25, 0.3) is 0 Å². The van der Waals surface area contributed by atoms with Gasteiger partial charge in [-0.05, 0) is 12.1 Å². The Balaban J connectivity index is 1.58. The Morgan fingerprint density at radius 3 is 2.48 bits per heavy atom. The molecule has 0 spiro atoms. The van der Waals surface area contributed by atoms with E-state index in [-0.39, 0.29) is 5.78 Å². The van der Waals surface area contributed by atoms with Gasteiger partial charge in [0.15, 0.2) is 5.82 Å². The van der Waals surface area contributed by atoms with E-state index in [9.17, 15) is 4.79 Å². The molecule has 2 aromatic heterocycles. The van der Waals surface area contributed by atoms with Crippen molar-refractivity contribution in [3.8, 4) is 11.5 Å². The maximum absolute atomic E-state index is 12.6. The number of benzene rings is 2. The van der Waals surface area contributed by atoms with Crippen LogP contribution < -0.4 is 0 Å². The largest absolute Gasteiger partial charge is 0.444 e. The van der Waals surface area contributed by atoms with E-state index in [2.05, 4.69) is 9.97 Å². The topological polar surface area (TPSA) is 60.9 Å². The first-order valence-electron chi connectivity index (χ1n) is 7.92. The van der Waals surface area contributed by atoms with Crippen LogP contribution in [-0.4, -0.2) is 20.3 Å². The summed E-state index contributed by atoms with van der Waals surface area (Å²) in [5.41, 5.74) is 2.26. The van der Waals surface area contributed by atoms with E-state index in [1.165, 1.54) is 0 Å². The second kappa shape index (κ2) is 6.57. The number of ketones is 1. The SMILES string of the molecule is O=C(c1ccccc1)c1nccn1Cc1coc(-c2ccccc2)n1. The van der Waals surface area contributed by atoms with Gasteiger partial charge in [-0.15, -0.1) is 0 Å². The lowest BCUT2D eigenvalue weighted by Crippen LogP contribution is -2.12. The molecule has 5 nitrogen and oxygen atoms in total. The van der Waals surface area contributed by atoms with Crippen LogP contribution in [0.25, 0.3) is 11.5 Å². The normalized spacial score (nSPS) is 10.7. The van der Waals surface area contributed by atoms with Crippen molar-refractivity contribution in [2.45, 2.75) is 6.54 Å². The van der Waals surface area contributed by atoms with Crippen molar-refractivity contribution in [2.24, 2.45) is 0 Å².